The third kappa shape index (κ3) is 4.33. The summed E-state index contributed by atoms with van der Waals surface area (Å²) in [7, 11) is 0. The second kappa shape index (κ2) is 11.9. The number of rotatable bonds is 4. The summed E-state index contributed by atoms with van der Waals surface area (Å²) in [6, 6.07) is 56.3. The van der Waals surface area contributed by atoms with Crippen molar-refractivity contribution in [1.29, 1.82) is 21.0 Å². The first-order valence-corrected chi connectivity index (χ1v) is 16.7. The average Bonchev–Trinajstić information content (AvgIpc) is 3.72. The minimum Gasteiger partial charge on any atom is -0.307 e. The molecule has 0 saturated heterocycles. The number of hydrogen-bond donors (Lipinski definition) is 0. The zero-order valence-corrected chi connectivity index (χ0v) is 27.5. The Morgan fingerprint density at radius 3 is 0.981 bits per heavy atom. The molecule has 6 heteroatoms. The zero-order valence-electron chi connectivity index (χ0n) is 27.5. The molecule has 0 unspecified atom stereocenters. The van der Waals surface area contributed by atoms with Crippen molar-refractivity contribution in [3.05, 3.63) is 168 Å². The highest BCUT2D eigenvalue weighted by molar-refractivity contribution is 6.13. The maximum absolute atomic E-state index is 11.5. The summed E-state index contributed by atoms with van der Waals surface area (Å²) in [4.78, 5) is 0. The van der Waals surface area contributed by atoms with E-state index < -0.39 is 0 Å². The molecule has 0 atom stereocenters. The van der Waals surface area contributed by atoms with Crippen LogP contribution in [0.3, 0.4) is 0 Å². The molecule has 0 radical (unpaired) electrons. The molecule has 6 nitrogen and oxygen atoms in total. The third-order valence-corrected chi connectivity index (χ3v) is 9.84. The van der Waals surface area contributed by atoms with Crippen molar-refractivity contribution >= 4 is 43.6 Å². The summed E-state index contributed by atoms with van der Waals surface area (Å²) in [6.07, 6.45) is 0. The van der Waals surface area contributed by atoms with E-state index in [1.165, 1.54) is 0 Å². The van der Waals surface area contributed by atoms with Crippen LogP contribution in [-0.2, 0) is 0 Å². The van der Waals surface area contributed by atoms with Gasteiger partial charge in [0.2, 0.25) is 0 Å². The average molecular weight is 661 g/mol. The van der Waals surface area contributed by atoms with Gasteiger partial charge in [-0.1, -0.05) is 97.1 Å². The normalized spacial score (nSPS) is 11.0. The number of para-hydroxylation sites is 4. The Balaban J connectivity index is 1.61. The Morgan fingerprint density at radius 1 is 0.346 bits per heavy atom. The second-order valence-corrected chi connectivity index (χ2v) is 12.5. The Morgan fingerprint density at radius 2 is 0.673 bits per heavy atom. The van der Waals surface area contributed by atoms with Gasteiger partial charge in [0.05, 0.1) is 67.8 Å². The van der Waals surface area contributed by atoms with Crippen LogP contribution >= 0.6 is 0 Å². The smallest absolute Gasteiger partial charge is 0.102 e. The maximum Gasteiger partial charge on any atom is 0.102 e. The number of benzene rings is 7. The summed E-state index contributed by atoms with van der Waals surface area (Å²) < 4.78 is 4.15. The molecule has 238 valence electrons. The van der Waals surface area contributed by atoms with Crippen molar-refractivity contribution in [1.82, 2.24) is 9.13 Å². The van der Waals surface area contributed by atoms with E-state index >= 15 is 0 Å². The Bertz CT molecular complexity index is 2810. The van der Waals surface area contributed by atoms with Gasteiger partial charge in [0.15, 0.2) is 0 Å². The molecular formula is C46H24N6. The molecule has 0 bridgehead atoms. The van der Waals surface area contributed by atoms with Crippen LogP contribution in [0.4, 0.5) is 0 Å². The fourth-order valence-electron chi connectivity index (χ4n) is 7.77. The van der Waals surface area contributed by atoms with E-state index in [9.17, 15) is 21.0 Å². The summed E-state index contributed by atoms with van der Waals surface area (Å²) in [5.41, 5.74) is 8.32. The highest BCUT2D eigenvalue weighted by atomic mass is 15.0. The lowest BCUT2D eigenvalue weighted by Crippen LogP contribution is -2.11. The lowest BCUT2D eigenvalue weighted by molar-refractivity contribution is 1.13. The van der Waals surface area contributed by atoms with Crippen molar-refractivity contribution in [2.24, 2.45) is 0 Å². The SMILES string of the molecule is N#Cc1cccc(-c2c(C#N)c(-n3c4ccccc4c4ccccc43)c(-c3cccc(C#N)c3)c(C#N)c2-n2c3ccccc3c3ccccc32)c1. The molecule has 7 aromatic carbocycles. The number of nitriles is 4. The van der Waals surface area contributed by atoms with Gasteiger partial charge in [-0.25, -0.2) is 0 Å². The third-order valence-electron chi connectivity index (χ3n) is 9.84. The molecule has 0 aliphatic carbocycles. The van der Waals surface area contributed by atoms with Crippen LogP contribution in [0.2, 0.25) is 0 Å². The first-order chi connectivity index (χ1) is 25.7. The first kappa shape index (κ1) is 30.2. The molecular weight excluding hydrogens is 637 g/mol. The van der Waals surface area contributed by atoms with E-state index in [0.717, 1.165) is 43.6 Å². The van der Waals surface area contributed by atoms with Gasteiger partial charge >= 0.3 is 0 Å². The van der Waals surface area contributed by atoms with Gasteiger partial charge in [0.25, 0.3) is 0 Å². The van der Waals surface area contributed by atoms with E-state index in [0.29, 0.717) is 55.9 Å². The summed E-state index contributed by atoms with van der Waals surface area (Å²) in [5.74, 6) is 0. The molecule has 0 fully saturated rings. The molecule has 0 N–H and O–H groups in total. The van der Waals surface area contributed by atoms with Crippen LogP contribution in [0.25, 0.3) is 77.2 Å². The van der Waals surface area contributed by atoms with Crippen LogP contribution < -0.4 is 0 Å². The molecule has 2 heterocycles. The standard InChI is InChI=1S/C46H24N6/c47-25-29-11-9-13-31(23-29)43-38(28-50)46(52-41-21-7-3-17-35(41)36-18-4-8-22-42(36)52)44(32-14-10-12-30(24-32)26-48)37(27-49)45(43)51-39-19-5-1-15-33(39)34-16-2-6-20-40(34)51/h1-24H. The molecule has 9 rings (SSSR count). The fraction of sp³-hybridized carbons (Fsp3) is 0. The van der Waals surface area contributed by atoms with Gasteiger partial charge in [-0.05, 0) is 59.7 Å². The topological polar surface area (TPSA) is 105 Å². The van der Waals surface area contributed by atoms with Crippen molar-refractivity contribution in [2.45, 2.75) is 0 Å². The predicted octanol–water partition coefficient (Wildman–Crippen LogP) is 10.7. The quantitative estimate of drug-likeness (QED) is 0.187. The molecule has 0 saturated carbocycles. The Labute approximate surface area is 298 Å². The number of aromatic nitrogens is 2. The minimum absolute atomic E-state index is 0.329. The minimum atomic E-state index is 0.329. The molecule has 9 aromatic rings. The van der Waals surface area contributed by atoms with E-state index in [4.69, 9.17) is 0 Å². The van der Waals surface area contributed by atoms with E-state index in [1.807, 2.05) is 84.9 Å². The number of nitrogens with zero attached hydrogens (tertiary/aromatic N) is 6. The molecule has 0 spiro atoms. The summed E-state index contributed by atoms with van der Waals surface area (Å²) in [6.45, 7) is 0. The van der Waals surface area contributed by atoms with Crippen LogP contribution in [0.5, 0.6) is 0 Å². The predicted molar refractivity (Wildman–Crippen MR) is 205 cm³/mol. The van der Waals surface area contributed by atoms with Crippen LogP contribution in [0.1, 0.15) is 22.3 Å². The summed E-state index contributed by atoms with van der Waals surface area (Å²) in [5, 5.41) is 47.2. The molecule has 2 aromatic heterocycles. The zero-order chi connectivity index (χ0) is 35.3. The number of hydrogen-bond acceptors (Lipinski definition) is 4. The van der Waals surface area contributed by atoms with Gasteiger partial charge in [-0.2, -0.15) is 21.0 Å². The van der Waals surface area contributed by atoms with Crippen LogP contribution in [0.15, 0.2) is 146 Å². The molecule has 0 aliphatic heterocycles. The molecule has 0 amide bonds. The fourth-order valence-corrected chi connectivity index (χ4v) is 7.77. The van der Waals surface area contributed by atoms with E-state index in [2.05, 4.69) is 57.7 Å². The lowest BCUT2D eigenvalue weighted by atomic mass is 9.85. The number of fused-ring (bicyclic) bond motifs is 6. The largest absolute Gasteiger partial charge is 0.307 e. The van der Waals surface area contributed by atoms with Crippen molar-refractivity contribution in [3.8, 4) is 57.9 Å². The Kier molecular flexibility index (Phi) is 6.91. The van der Waals surface area contributed by atoms with E-state index in [1.54, 1.807) is 36.4 Å². The lowest BCUT2D eigenvalue weighted by Gasteiger charge is -2.25. The van der Waals surface area contributed by atoms with Gasteiger partial charge < -0.3 is 9.13 Å². The summed E-state index contributed by atoms with van der Waals surface area (Å²) >= 11 is 0. The van der Waals surface area contributed by atoms with Crippen molar-refractivity contribution < 1.29 is 0 Å². The first-order valence-electron chi connectivity index (χ1n) is 16.7. The van der Waals surface area contributed by atoms with Gasteiger partial charge in [0.1, 0.15) is 12.1 Å². The van der Waals surface area contributed by atoms with Gasteiger partial charge in [-0.15, -0.1) is 0 Å². The maximum atomic E-state index is 11.5. The van der Waals surface area contributed by atoms with Crippen molar-refractivity contribution in [3.63, 3.8) is 0 Å². The van der Waals surface area contributed by atoms with Crippen molar-refractivity contribution in [2.75, 3.05) is 0 Å². The molecule has 0 aliphatic rings. The van der Waals surface area contributed by atoms with Crippen LogP contribution in [0, 0.1) is 45.3 Å². The van der Waals surface area contributed by atoms with Gasteiger partial charge in [-0.3, -0.25) is 0 Å². The highest BCUT2D eigenvalue weighted by Gasteiger charge is 2.31. The van der Waals surface area contributed by atoms with E-state index in [-0.39, 0.29) is 0 Å². The van der Waals surface area contributed by atoms with Gasteiger partial charge in [0, 0.05) is 32.7 Å². The highest BCUT2D eigenvalue weighted by Crippen LogP contribution is 2.48. The monoisotopic (exact) mass is 660 g/mol. The van der Waals surface area contributed by atoms with Crippen LogP contribution in [-0.4, -0.2) is 9.13 Å². The Hall–Kier alpha value is -7.90. The molecule has 52 heavy (non-hydrogen) atoms. The second-order valence-electron chi connectivity index (χ2n) is 12.5.